The summed E-state index contributed by atoms with van der Waals surface area (Å²) in [6.45, 7) is 3.95. The largest absolute Gasteiger partial charge is 1.00 e. The van der Waals surface area contributed by atoms with Crippen molar-refractivity contribution in [1.82, 2.24) is 0 Å². The van der Waals surface area contributed by atoms with Crippen molar-refractivity contribution in [2.24, 2.45) is 5.92 Å². The quantitative estimate of drug-likeness (QED) is 0.193. The molecule has 194 valence electrons. The molecule has 0 amide bonds. The van der Waals surface area contributed by atoms with E-state index in [9.17, 15) is 14.7 Å². The molecule has 1 aliphatic carbocycles. The number of Topliss-reactive ketones (excluding diaryl/α,β-unsaturated/α-hetero) is 1. The van der Waals surface area contributed by atoms with Gasteiger partial charge in [0.15, 0.2) is 11.5 Å². The van der Waals surface area contributed by atoms with Gasteiger partial charge in [-0.1, -0.05) is 18.2 Å². The molecule has 37 heavy (non-hydrogen) atoms. The molecule has 2 saturated heterocycles. The number of methoxy groups -OCH3 is 2. The van der Waals surface area contributed by atoms with Crippen LogP contribution in [0.3, 0.4) is 0 Å². The van der Waals surface area contributed by atoms with Crippen molar-refractivity contribution in [2.45, 2.75) is 31.2 Å². The lowest BCUT2D eigenvalue weighted by atomic mass is 9.61. The van der Waals surface area contributed by atoms with Crippen LogP contribution >= 0.6 is 0 Å². The van der Waals surface area contributed by atoms with Crippen LogP contribution in [0.1, 0.15) is 35.7 Å². The first kappa shape index (κ1) is 25.4. The zero-order valence-electron chi connectivity index (χ0n) is 21.2. The van der Waals surface area contributed by atoms with Crippen LogP contribution in [0.25, 0.3) is 0 Å². The molecule has 4 aliphatic rings. The van der Waals surface area contributed by atoms with Crippen molar-refractivity contribution in [3.8, 4) is 17.2 Å². The number of ketones is 1. The Hall–Kier alpha value is -3.29. The number of anilines is 1. The van der Waals surface area contributed by atoms with E-state index in [4.69, 9.17) is 9.47 Å². The van der Waals surface area contributed by atoms with Gasteiger partial charge in [-0.25, -0.2) is 0 Å². The number of allylic oxidation sites excluding steroid dienone is 2. The number of fused-ring (bicyclic) bond motifs is 2. The van der Waals surface area contributed by atoms with Crippen molar-refractivity contribution >= 4 is 17.8 Å². The van der Waals surface area contributed by atoms with Crippen molar-refractivity contribution in [3.05, 3.63) is 70.4 Å². The Labute approximate surface area is 222 Å². The van der Waals surface area contributed by atoms with E-state index in [1.165, 1.54) is 5.57 Å². The first-order valence-corrected chi connectivity index (χ1v) is 12.5. The highest BCUT2D eigenvalue weighted by molar-refractivity contribution is 5.97. The van der Waals surface area contributed by atoms with E-state index in [1.54, 1.807) is 38.5 Å². The van der Waals surface area contributed by atoms with E-state index in [-0.39, 0.29) is 35.9 Å². The molecule has 7 nitrogen and oxygen atoms in total. The average molecular weight is 523 g/mol. The smallest absolute Gasteiger partial charge is 0.217 e. The first-order chi connectivity index (χ1) is 17.4. The molecular weight excluding hydrogens is 492 g/mol. The van der Waals surface area contributed by atoms with Gasteiger partial charge < -0.3 is 36.8 Å². The second-order valence-electron chi connectivity index (χ2n) is 10.4. The molecule has 8 heteroatoms. The highest BCUT2D eigenvalue weighted by Gasteiger charge is 2.69. The predicted octanol–water partition coefficient (Wildman–Crippen LogP) is 0.982. The summed E-state index contributed by atoms with van der Waals surface area (Å²) >= 11 is 0. The Bertz CT molecular complexity index is 1370. The van der Waals surface area contributed by atoms with Crippen molar-refractivity contribution in [1.29, 1.82) is 0 Å². The molecule has 2 unspecified atom stereocenters. The normalized spacial score (nSPS) is 29.6. The van der Waals surface area contributed by atoms with Crippen LogP contribution in [0.5, 0.6) is 17.2 Å². The topological polar surface area (TPSA) is 84.9 Å². The van der Waals surface area contributed by atoms with E-state index < -0.39 is 5.41 Å². The fraction of sp³-hybridized carbons (Fsp3) is 0.379. The van der Waals surface area contributed by atoms with E-state index >= 15 is 0 Å². The molecule has 1 spiro atoms. The Kier molecular flexibility index (Phi) is 6.12. The lowest BCUT2D eigenvalue weighted by Gasteiger charge is -2.53. The molecule has 0 aromatic heterocycles. The van der Waals surface area contributed by atoms with Gasteiger partial charge in [-0.15, -0.1) is 0 Å². The molecule has 0 saturated carbocycles. The zero-order valence-corrected chi connectivity index (χ0v) is 22.0. The molecule has 2 aromatic rings. The van der Waals surface area contributed by atoms with Crippen LogP contribution in [0.4, 0.5) is 5.69 Å². The van der Waals surface area contributed by atoms with E-state index in [1.807, 2.05) is 13.0 Å². The van der Waals surface area contributed by atoms with Gasteiger partial charge in [0.25, 0.3) is 0 Å². The number of carbonyl (C=O) groups is 2. The van der Waals surface area contributed by atoms with Crippen molar-refractivity contribution in [2.75, 3.05) is 39.2 Å². The summed E-state index contributed by atoms with van der Waals surface area (Å²) in [4.78, 5) is 26.2. The molecule has 3 heterocycles. The number of hydrogen-bond donors (Lipinski definition) is 2. The Morgan fingerprint density at radius 1 is 1.22 bits per heavy atom. The monoisotopic (exact) mass is 522 g/mol. The third-order valence-corrected chi connectivity index (χ3v) is 9.13. The molecule has 2 bridgehead atoms. The van der Waals surface area contributed by atoms with Gasteiger partial charge in [0.05, 0.1) is 31.9 Å². The number of quaternary nitrogens is 1. The van der Waals surface area contributed by atoms with Gasteiger partial charge in [0, 0.05) is 35.6 Å². The highest BCUT2D eigenvalue weighted by Crippen LogP contribution is 2.64. The number of phenols is 1. The molecule has 4 atom stereocenters. The van der Waals surface area contributed by atoms with Gasteiger partial charge in [-0.2, -0.15) is 0 Å². The summed E-state index contributed by atoms with van der Waals surface area (Å²) in [5.41, 5.74) is 4.87. The number of aldehydes is 1. The van der Waals surface area contributed by atoms with Gasteiger partial charge in [0.2, 0.25) is 5.78 Å². The maximum atomic E-state index is 13.8. The number of benzene rings is 2. The van der Waals surface area contributed by atoms with Gasteiger partial charge >= 0.3 is 0 Å². The number of phenolic OH excluding ortho intramolecular Hbond substituents is 1. The fourth-order valence-electron chi connectivity index (χ4n) is 7.57. The Morgan fingerprint density at radius 3 is 2.70 bits per heavy atom. The zero-order chi connectivity index (χ0) is 25.2. The lowest BCUT2D eigenvalue weighted by Crippen LogP contribution is -3.00. The van der Waals surface area contributed by atoms with Crippen LogP contribution in [0, 0.1) is 5.92 Å². The van der Waals surface area contributed by atoms with Gasteiger partial charge in [-0.05, 0) is 42.3 Å². The number of rotatable bonds is 6. The van der Waals surface area contributed by atoms with E-state index in [2.05, 4.69) is 17.5 Å². The molecular formula is C29H31ClN2O5. The first-order valence-electron chi connectivity index (χ1n) is 12.5. The summed E-state index contributed by atoms with van der Waals surface area (Å²) in [6.07, 6.45) is 4.76. The molecule has 0 radical (unpaired) electrons. The van der Waals surface area contributed by atoms with Crippen molar-refractivity contribution in [3.63, 3.8) is 0 Å². The van der Waals surface area contributed by atoms with Crippen molar-refractivity contribution < 1.29 is 41.1 Å². The SMILES string of the molecule is C/C=C1/C[N+]2(CC(=O)c3ccc(OC)c(OC)c3)CC[C@]34C(=C(C=O)[C@H]1CC32)Nc1c(O)cccc14.[Cl-]. The van der Waals surface area contributed by atoms with Crippen LogP contribution in [-0.2, 0) is 10.2 Å². The average Bonchev–Trinajstić information content (AvgIpc) is 3.43. The number of halogens is 1. The molecule has 2 aromatic carbocycles. The summed E-state index contributed by atoms with van der Waals surface area (Å²) in [5, 5.41) is 14.2. The third-order valence-electron chi connectivity index (χ3n) is 9.13. The maximum Gasteiger partial charge on any atom is 0.217 e. The van der Waals surface area contributed by atoms with Crippen LogP contribution < -0.4 is 27.2 Å². The van der Waals surface area contributed by atoms with Crippen LogP contribution in [0.2, 0.25) is 0 Å². The standard InChI is InChI=1S/C29H30N2O5.ClH/c1-4-17-14-31(15-23(34)18-8-9-24(35-2)25(12-18)36-3)11-10-29-21-6-5-7-22(33)27(21)30-28(29)20(16-32)19(17)13-26(29)31;/h4-9,12,16,19,26H,10-11,13-15H2,1-3H3,(H-,30,32,33);1H/b17-4-;/t19-,26?,29+,31?;/m0./s1. The number of nitrogens with one attached hydrogen (secondary N) is 1. The molecule has 2 N–H and O–H groups in total. The second-order valence-corrected chi connectivity index (χ2v) is 10.4. The summed E-state index contributed by atoms with van der Waals surface area (Å²) < 4.78 is 11.4. The predicted molar refractivity (Wildman–Crippen MR) is 136 cm³/mol. The Balaban J connectivity index is 0.00000280. The summed E-state index contributed by atoms with van der Waals surface area (Å²) in [6, 6.07) is 11.1. The highest BCUT2D eigenvalue weighted by atomic mass is 35.5. The molecule has 6 rings (SSSR count). The molecule has 3 aliphatic heterocycles. The van der Waals surface area contributed by atoms with Gasteiger partial charge in [0.1, 0.15) is 31.2 Å². The van der Waals surface area contributed by atoms with Crippen LogP contribution in [0.15, 0.2) is 59.3 Å². The second kappa shape index (κ2) is 8.92. The lowest BCUT2D eigenvalue weighted by molar-refractivity contribution is -0.934. The van der Waals surface area contributed by atoms with E-state index in [0.717, 1.165) is 49.1 Å². The maximum absolute atomic E-state index is 13.8. The number of hydrogen-bond acceptors (Lipinski definition) is 6. The number of nitrogens with zero attached hydrogens (tertiary/aromatic N) is 1. The minimum Gasteiger partial charge on any atom is -1.00 e. The Morgan fingerprint density at radius 2 is 2.00 bits per heavy atom. The fourth-order valence-corrected chi connectivity index (χ4v) is 7.57. The number of para-hydroxylation sites is 1. The third kappa shape index (κ3) is 3.30. The van der Waals surface area contributed by atoms with E-state index in [0.29, 0.717) is 33.8 Å². The minimum atomic E-state index is -0.405. The molecule has 2 fully saturated rings. The van der Waals surface area contributed by atoms with Crippen LogP contribution in [-0.4, -0.2) is 61.6 Å². The number of aromatic hydroxyl groups is 1. The minimum absolute atomic E-state index is 0. The summed E-state index contributed by atoms with van der Waals surface area (Å²) in [7, 11) is 3.15. The number of carbonyl (C=O) groups excluding carboxylic acids is 2. The number of piperidine rings is 1. The van der Waals surface area contributed by atoms with Gasteiger partial charge in [-0.3, -0.25) is 9.59 Å². The number of ether oxygens (including phenoxy) is 2. The summed E-state index contributed by atoms with van der Waals surface area (Å²) in [5.74, 6) is 1.43.